The van der Waals surface area contributed by atoms with Crippen molar-refractivity contribution in [2.75, 3.05) is 6.61 Å². The van der Waals surface area contributed by atoms with Crippen LogP contribution >= 0.6 is 0 Å². The van der Waals surface area contributed by atoms with Gasteiger partial charge in [0.05, 0.1) is 12.7 Å². The molecular formula is C16H14N2O2. The molecule has 1 N–H and O–H groups in total. The van der Waals surface area contributed by atoms with Crippen LogP contribution in [0.15, 0.2) is 48.8 Å². The van der Waals surface area contributed by atoms with Crippen molar-refractivity contribution in [3.8, 4) is 11.8 Å². The number of aliphatic hydroxyl groups excluding tert-OH is 1. The average Bonchev–Trinajstić information content (AvgIpc) is 2.54. The molecule has 4 nitrogen and oxygen atoms in total. The minimum Gasteiger partial charge on any atom is -0.493 e. The predicted octanol–water partition coefficient (Wildman–Crippen LogP) is 2.36. The minimum atomic E-state index is -0.988. The maximum Gasteiger partial charge on any atom is 0.124 e. The molecule has 0 saturated carbocycles. The molecule has 2 unspecified atom stereocenters. The number of rotatable bonds is 2. The van der Waals surface area contributed by atoms with Crippen LogP contribution in [-0.2, 0) is 5.41 Å². The fourth-order valence-corrected chi connectivity index (χ4v) is 2.70. The van der Waals surface area contributed by atoms with Gasteiger partial charge in [0.1, 0.15) is 17.3 Å². The van der Waals surface area contributed by atoms with Crippen LogP contribution in [0, 0.1) is 11.3 Å². The van der Waals surface area contributed by atoms with Gasteiger partial charge >= 0.3 is 0 Å². The molecule has 0 radical (unpaired) electrons. The molecule has 1 aromatic heterocycles. The normalized spacial score (nSPS) is 22.2. The fourth-order valence-electron chi connectivity index (χ4n) is 2.70. The van der Waals surface area contributed by atoms with Crippen LogP contribution in [0.2, 0.25) is 0 Å². The zero-order chi connectivity index (χ0) is 14.0. The number of para-hydroxylation sites is 1. The van der Waals surface area contributed by atoms with E-state index in [0.717, 1.165) is 5.56 Å². The molecule has 1 aromatic carbocycles. The summed E-state index contributed by atoms with van der Waals surface area (Å²) in [4.78, 5) is 4.02. The van der Waals surface area contributed by atoms with Gasteiger partial charge in [-0.1, -0.05) is 24.3 Å². The Kier molecular flexibility index (Phi) is 3.13. The van der Waals surface area contributed by atoms with Crippen LogP contribution in [0.25, 0.3) is 0 Å². The van der Waals surface area contributed by atoms with E-state index in [9.17, 15) is 10.4 Å². The van der Waals surface area contributed by atoms with Crippen LogP contribution in [0.4, 0.5) is 0 Å². The molecule has 2 aromatic rings. The standard InChI is InChI=1S/C16H14N2O2/c17-11-16(15(19)12-4-3-8-18-10-12)7-9-20-14-6-2-1-5-13(14)16/h1-6,8,10,15,19H,7,9H2. The third-order valence-corrected chi connectivity index (χ3v) is 3.79. The SMILES string of the molecule is N#CC1(C(O)c2cccnc2)CCOc2ccccc21. The lowest BCUT2D eigenvalue weighted by Gasteiger charge is -2.36. The van der Waals surface area contributed by atoms with Gasteiger partial charge < -0.3 is 9.84 Å². The highest BCUT2D eigenvalue weighted by molar-refractivity contribution is 5.48. The Bertz CT molecular complexity index is 651. The topological polar surface area (TPSA) is 66.1 Å². The van der Waals surface area contributed by atoms with E-state index in [2.05, 4.69) is 11.1 Å². The van der Waals surface area contributed by atoms with E-state index in [1.807, 2.05) is 24.3 Å². The highest BCUT2D eigenvalue weighted by atomic mass is 16.5. The van der Waals surface area contributed by atoms with Crippen molar-refractivity contribution >= 4 is 0 Å². The predicted molar refractivity (Wildman–Crippen MR) is 73.0 cm³/mol. The molecule has 2 heterocycles. The summed E-state index contributed by atoms with van der Waals surface area (Å²) in [6.07, 6.45) is 2.78. The maximum atomic E-state index is 10.7. The van der Waals surface area contributed by atoms with Gasteiger partial charge in [0.2, 0.25) is 0 Å². The van der Waals surface area contributed by atoms with Gasteiger partial charge in [0, 0.05) is 29.9 Å². The fraction of sp³-hybridized carbons (Fsp3) is 0.250. The number of nitriles is 1. The molecule has 0 amide bonds. The molecule has 0 aliphatic carbocycles. The molecule has 1 aliphatic rings. The van der Waals surface area contributed by atoms with Gasteiger partial charge in [-0.2, -0.15) is 5.26 Å². The Balaban J connectivity index is 2.12. The van der Waals surface area contributed by atoms with Crippen LogP contribution < -0.4 is 4.74 Å². The molecule has 0 saturated heterocycles. The molecule has 100 valence electrons. The van der Waals surface area contributed by atoms with Crippen molar-refractivity contribution in [3.05, 3.63) is 59.9 Å². The van der Waals surface area contributed by atoms with Gasteiger partial charge in [-0.05, 0) is 12.1 Å². The number of hydrogen-bond acceptors (Lipinski definition) is 4. The second-order valence-corrected chi connectivity index (χ2v) is 4.87. The third kappa shape index (κ3) is 1.84. The second kappa shape index (κ2) is 4.95. The number of aliphatic hydroxyl groups is 1. The molecule has 4 heteroatoms. The van der Waals surface area contributed by atoms with Gasteiger partial charge in [-0.3, -0.25) is 4.98 Å². The van der Waals surface area contributed by atoms with Crippen LogP contribution in [0.5, 0.6) is 5.75 Å². The Morgan fingerprint density at radius 3 is 2.90 bits per heavy atom. The summed E-state index contributed by atoms with van der Waals surface area (Å²) in [5.41, 5.74) is 0.397. The maximum absolute atomic E-state index is 10.7. The number of fused-ring (bicyclic) bond motifs is 1. The first-order chi connectivity index (χ1) is 9.78. The summed E-state index contributed by atoms with van der Waals surface area (Å²) in [7, 11) is 0. The van der Waals surface area contributed by atoms with E-state index >= 15 is 0 Å². The summed E-state index contributed by atoms with van der Waals surface area (Å²) in [6, 6.07) is 13.3. The Hall–Kier alpha value is -2.38. The van der Waals surface area contributed by atoms with Crippen LogP contribution in [-0.4, -0.2) is 16.7 Å². The zero-order valence-electron chi connectivity index (χ0n) is 10.9. The molecule has 0 fully saturated rings. The summed E-state index contributed by atoms with van der Waals surface area (Å²) < 4.78 is 5.59. The Morgan fingerprint density at radius 1 is 1.30 bits per heavy atom. The third-order valence-electron chi connectivity index (χ3n) is 3.79. The minimum absolute atomic E-state index is 0.419. The highest BCUT2D eigenvalue weighted by Gasteiger charge is 2.45. The lowest BCUT2D eigenvalue weighted by molar-refractivity contribution is 0.0804. The van der Waals surface area contributed by atoms with Crippen molar-refractivity contribution in [3.63, 3.8) is 0 Å². The number of nitrogens with zero attached hydrogens (tertiary/aromatic N) is 2. The van der Waals surface area contributed by atoms with Crippen LogP contribution in [0.1, 0.15) is 23.7 Å². The first-order valence-electron chi connectivity index (χ1n) is 6.49. The summed E-state index contributed by atoms with van der Waals surface area (Å²) in [6.45, 7) is 0.419. The first-order valence-corrected chi connectivity index (χ1v) is 6.49. The van der Waals surface area contributed by atoms with Gasteiger partial charge in [0.25, 0.3) is 0 Å². The zero-order valence-corrected chi connectivity index (χ0v) is 10.9. The highest BCUT2D eigenvalue weighted by Crippen LogP contribution is 2.46. The van der Waals surface area contributed by atoms with E-state index in [0.29, 0.717) is 24.3 Å². The second-order valence-electron chi connectivity index (χ2n) is 4.87. The smallest absolute Gasteiger partial charge is 0.124 e. The summed E-state index contributed by atoms with van der Waals surface area (Å²) in [5, 5.41) is 20.5. The molecular weight excluding hydrogens is 252 g/mol. The van der Waals surface area contributed by atoms with Crippen molar-refractivity contribution in [2.45, 2.75) is 17.9 Å². The molecule has 1 aliphatic heterocycles. The van der Waals surface area contributed by atoms with Crippen LogP contribution in [0.3, 0.4) is 0 Å². The van der Waals surface area contributed by atoms with E-state index in [-0.39, 0.29) is 0 Å². The number of aromatic nitrogens is 1. The molecule has 3 rings (SSSR count). The lowest BCUT2D eigenvalue weighted by Crippen LogP contribution is -2.37. The first kappa shape index (κ1) is 12.6. The molecule has 2 atom stereocenters. The van der Waals surface area contributed by atoms with E-state index < -0.39 is 11.5 Å². The quantitative estimate of drug-likeness (QED) is 0.906. The van der Waals surface area contributed by atoms with E-state index in [1.165, 1.54) is 0 Å². The van der Waals surface area contributed by atoms with E-state index in [4.69, 9.17) is 4.74 Å². The molecule has 0 spiro atoms. The van der Waals surface area contributed by atoms with Crippen molar-refractivity contribution in [1.82, 2.24) is 4.98 Å². The molecule has 0 bridgehead atoms. The number of ether oxygens (including phenoxy) is 1. The van der Waals surface area contributed by atoms with Gasteiger partial charge in [-0.25, -0.2) is 0 Å². The van der Waals surface area contributed by atoms with Crippen molar-refractivity contribution in [1.29, 1.82) is 5.26 Å². The Morgan fingerprint density at radius 2 is 2.15 bits per heavy atom. The number of pyridine rings is 1. The number of benzene rings is 1. The number of hydrogen-bond donors (Lipinski definition) is 1. The monoisotopic (exact) mass is 266 g/mol. The summed E-state index contributed by atoms with van der Waals surface area (Å²) in [5.74, 6) is 0.670. The van der Waals surface area contributed by atoms with Gasteiger partial charge in [0.15, 0.2) is 0 Å². The Labute approximate surface area is 117 Å². The molecule has 20 heavy (non-hydrogen) atoms. The van der Waals surface area contributed by atoms with Gasteiger partial charge in [-0.15, -0.1) is 0 Å². The van der Waals surface area contributed by atoms with Crippen molar-refractivity contribution < 1.29 is 9.84 Å². The lowest BCUT2D eigenvalue weighted by atomic mass is 9.71. The van der Waals surface area contributed by atoms with Crippen molar-refractivity contribution in [2.24, 2.45) is 0 Å². The summed E-state index contributed by atoms with van der Waals surface area (Å²) >= 11 is 0. The average molecular weight is 266 g/mol. The largest absolute Gasteiger partial charge is 0.493 e. The van der Waals surface area contributed by atoms with E-state index in [1.54, 1.807) is 24.5 Å².